The molecule has 6 nitrogen and oxygen atoms in total. The number of para-hydroxylation sites is 1. The third-order valence-corrected chi connectivity index (χ3v) is 5.42. The van der Waals surface area contributed by atoms with Crippen molar-refractivity contribution in [3.05, 3.63) is 24.3 Å². The summed E-state index contributed by atoms with van der Waals surface area (Å²) in [5.74, 6) is 0.245. The fraction of sp³-hybridized carbons (Fsp3) is 0.529. The Balaban J connectivity index is 1.54. The molecule has 0 spiro atoms. The molecule has 1 aromatic rings. The summed E-state index contributed by atoms with van der Waals surface area (Å²) in [6.45, 7) is 6.04. The molecule has 1 aromatic carbocycles. The van der Waals surface area contributed by atoms with E-state index in [2.05, 4.69) is 17.1 Å². The van der Waals surface area contributed by atoms with Gasteiger partial charge >= 0.3 is 0 Å². The lowest BCUT2D eigenvalue weighted by Crippen LogP contribution is -2.49. The SMILES string of the molecule is C[C@@H](CNC(=O)CN1C(=O)CSc2ccccc21)N1CCOCC1. The maximum Gasteiger partial charge on any atom is 0.240 e. The molecule has 2 heterocycles. The van der Waals surface area contributed by atoms with Gasteiger partial charge in [-0.2, -0.15) is 0 Å². The smallest absolute Gasteiger partial charge is 0.240 e. The highest BCUT2D eigenvalue weighted by Crippen LogP contribution is 2.34. The van der Waals surface area contributed by atoms with Crippen molar-refractivity contribution in [1.82, 2.24) is 10.2 Å². The average molecular weight is 349 g/mol. The van der Waals surface area contributed by atoms with Crippen LogP contribution in [-0.2, 0) is 14.3 Å². The van der Waals surface area contributed by atoms with Gasteiger partial charge in [0.1, 0.15) is 6.54 Å². The number of hydrogen-bond acceptors (Lipinski definition) is 5. The maximum absolute atomic E-state index is 12.3. The number of benzene rings is 1. The number of nitrogens with zero attached hydrogens (tertiary/aromatic N) is 2. The van der Waals surface area contributed by atoms with E-state index in [1.54, 1.807) is 4.90 Å². The van der Waals surface area contributed by atoms with Crippen LogP contribution >= 0.6 is 11.8 Å². The van der Waals surface area contributed by atoms with Gasteiger partial charge in [0.05, 0.1) is 24.7 Å². The van der Waals surface area contributed by atoms with E-state index in [9.17, 15) is 9.59 Å². The minimum atomic E-state index is -0.120. The van der Waals surface area contributed by atoms with Crippen LogP contribution in [0.4, 0.5) is 5.69 Å². The Bertz CT molecular complexity index is 604. The van der Waals surface area contributed by atoms with E-state index in [4.69, 9.17) is 4.74 Å². The van der Waals surface area contributed by atoms with Gasteiger partial charge in [-0.1, -0.05) is 12.1 Å². The molecule has 0 bridgehead atoms. The van der Waals surface area contributed by atoms with Crippen molar-refractivity contribution in [2.24, 2.45) is 0 Å². The van der Waals surface area contributed by atoms with Gasteiger partial charge in [0.2, 0.25) is 11.8 Å². The molecule has 1 saturated heterocycles. The fourth-order valence-corrected chi connectivity index (χ4v) is 3.87. The number of rotatable bonds is 5. The van der Waals surface area contributed by atoms with E-state index >= 15 is 0 Å². The third kappa shape index (κ3) is 4.09. The van der Waals surface area contributed by atoms with Crippen LogP contribution in [0.5, 0.6) is 0 Å². The summed E-state index contributed by atoms with van der Waals surface area (Å²) in [6, 6.07) is 7.98. The molecule has 0 unspecified atom stereocenters. The van der Waals surface area contributed by atoms with Crippen LogP contribution in [-0.4, -0.2) is 67.9 Å². The molecule has 1 N–H and O–H groups in total. The zero-order chi connectivity index (χ0) is 16.9. The highest BCUT2D eigenvalue weighted by molar-refractivity contribution is 8.00. The summed E-state index contributed by atoms with van der Waals surface area (Å²) in [7, 11) is 0. The highest BCUT2D eigenvalue weighted by atomic mass is 32.2. The van der Waals surface area contributed by atoms with Crippen LogP contribution in [0.3, 0.4) is 0 Å². The van der Waals surface area contributed by atoms with Gasteiger partial charge in [-0.05, 0) is 19.1 Å². The molecular formula is C17H23N3O3S. The molecule has 3 rings (SSSR count). The lowest BCUT2D eigenvalue weighted by molar-refractivity contribution is -0.123. The minimum absolute atomic E-state index is 0.0184. The monoisotopic (exact) mass is 349 g/mol. The maximum atomic E-state index is 12.3. The van der Waals surface area contributed by atoms with E-state index < -0.39 is 0 Å². The number of amides is 2. The molecule has 0 saturated carbocycles. The van der Waals surface area contributed by atoms with E-state index in [1.807, 2.05) is 24.3 Å². The summed E-state index contributed by atoms with van der Waals surface area (Å²) in [5.41, 5.74) is 0.829. The zero-order valence-electron chi connectivity index (χ0n) is 13.9. The number of hydrogen-bond donors (Lipinski definition) is 1. The first-order chi connectivity index (χ1) is 11.6. The standard InChI is InChI=1S/C17H23N3O3S/c1-13(19-6-8-23-9-7-19)10-18-16(21)11-20-14-4-2-3-5-15(14)24-12-17(20)22/h2-5,13H,6-12H2,1H3,(H,18,21)/t13-/m0/s1. The van der Waals surface area contributed by atoms with Crippen molar-refractivity contribution >= 4 is 29.3 Å². The van der Waals surface area contributed by atoms with Crippen LogP contribution in [0.25, 0.3) is 0 Å². The third-order valence-electron chi connectivity index (χ3n) is 4.37. The zero-order valence-corrected chi connectivity index (χ0v) is 14.7. The summed E-state index contributed by atoms with van der Waals surface area (Å²) in [6.07, 6.45) is 0. The van der Waals surface area contributed by atoms with Crippen LogP contribution < -0.4 is 10.2 Å². The predicted molar refractivity (Wildman–Crippen MR) is 94.4 cm³/mol. The molecule has 2 amide bonds. The fourth-order valence-electron chi connectivity index (χ4n) is 2.94. The van der Waals surface area contributed by atoms with E-state index in [-0.39, 0.29) is 24.4 Å². The minimum Gasteiger partial charge on any atom is -0.379 e. The molecule has 130 valence electrons. The first-order valence-corrected chi connectivity index (χ1v) is 9.24. The molecule has 2 aliphatic rings. The molecule has 7 heteroatoms. The number of nitrogens with one attached hydrogen (secondary N) is 1. The van der Waals surface area contributed by atoms with Crippen molar-refractivity contribution in [2.45, 2.75) is 17.9 Å². The second-order valence-corrected chi connectivity index (χ2v) is 7.05. The Hall–Kier alpha value is -1.57. The lowest BCUT2D eigenvalue weighted by atomic mass is 10.2. The second-order valence-electron chi connectivity index (χ2n) is 6.04. The van der Waals surface area contributed by atoms with Crippen LogP contribution in [0.15, 0.2) is 29.2 Å². The van der Waals surface area contributed by atoms with Crippen molar-refractivity contribution in [3.63, 3.8) is 0 Å². The van der Waals surface area contributed by atoms with Crippen molar-refractivity contribution in [2.75, 3.05) is 50.0 Å². The molecule has 24 heavy (non-hydrogen) atoms. The highest BCUT2D eigenvalue weighted by Gasteiger charge is 2.26. The summed E-state index contributed by atoms with van der Waals surface area (Å²) in [4.78, 5) is 29.4. The van der Waals surface area contributed by atoms with Gasteiger partial charge in [-0.3, -0.25) is 14.5 Å². The average Bonchev–Trinajstić information content (AvgIpc) is 2.63. The molecule has 2 aliphatic heterocycles. The topological polar surface area (TPSA) is 61.9 Å². The van der Waals surface area contributed by atoms with E-state index in [0.29, 0.717) is 12.3 Å². The molecule has 0 aliphatic carbocycles. The van der Waals surface area contributed by atoms with Crippen molar-refractivity contribution in [3.8, 4) is 0 Å². The normalized spacial score (nSPS) is 19.7. The Morgan fingerprint density at radius 1 is 1.33 bits per heavy atom. The summed E-state index contributed by atoms with van der Waals surface area (Å²) in [5, 5.41) is 2.96. The quantitative estimate of drug-likeness (QED) is 0.858. The molecule has 0 radical (unpaired) electrons. The van der Waals surface area contributed by atoms with E-state index in [0.717, 1.165) is 36.9 Å². The summed E-state index contributed by atoms with van der Waals surface area (Å²) >= 11 is 1.52. The van der Waals surface area contributed by atoms with Crippen LogP contribution in [0.2, 0.25) is 0 Å². The van der Waals surface area contributed by atoms with E-state index in [1.165, 1.54) is 11.8 Å². The van der Waals surface area contributed by atoms with Crippen molar-refractivity contribution < 1.29 is 14.3 Å². The molecule has 1 fully saturated rings. The number of anilines is 1. The number of carbonyl (C=O) groups is 2. The predicted octanol–water partition coefficient (Wildman–Crippen LogP) is 0.962. The number of thioether (sulfide) groups is 1. The Morgan fingerprint density at radius 3 is 2.88 bits per heavy atom. The van der Waals surface area contributed by atoms with Crippen LogP contribution in [0, 0.1) is 0 Å². The number of ether oxygens (including phenoxy) is 1. The Morgan fingerprint density at radius 2 is 2.08 bits per heavy atom. The largest absolute Gasteiger partial charge is 0.379 e. The molecule has 0 aromatic heterocycles. The Labute approximate surface area is 146 Å². The second kappa shape index (κ2) is 8.00. The Kier molecular flexibility index (Phi) is 5.76. The van der Waals surface area contributed by atoms with Crippen LogP contribution in [0.1, 0.15) is 6.92 Å². The number of morpholine rings is 1. The van der Waals surface area contributed by atoms with Gasteiger partial charge in [-0.15, -0.1) is 11.8 Å². The van der Waals surface area contributed by atoms with Gasteiger partial charge in [-0.25, -0.2) is 0 Å². The van der Waals surface area contributed by atoms with Gasteiger partial charge in [0.25, 0.3) is 0 Å². The summed E-state index contributed by atoms with van der Waals surface area (Å²) < 4.78 is 5.35. The number of fused-ring (bicyclic) bond motifs is 1. The first kappa shape index (κ1) is 17.3. The van der Waals surface area contributed by atoms with Gasteiger partial charge in [0.15, 0.2) is 0 Å². The first-order valence-electron chi connectivity index (χ1n) is 8.26. The van der Waals surface area contributed by atoms with Gasteiger partial charge in [0, 0.05) is 30.6 Å². The molecular weight excluding hydrogens is 326 g/mol. The number of carbonyl (C=O) groups excluding carboxylic acids is 2. The lowest BCUT2D eigenvalue weighted by Gasteiger charge is -2.32. The van der Waals surface area contributed by atoms with Gasteiger partial charge < -0.3 is 15.0 Å². The molecule has 1 atom stereocenters. The van der Waals surface area contributed by atoms with Crippen molar-refractivity contribution in [1.29, 1.82) is 0 Å².